The zero-order chi connectivity index (χ0) is 21.6. The Morgan fingerprint density at radius 2 is 1.77 bits per heavy atom. The fourth-order valence-electron chi connectivity index (χ4n) is 5.15. The van der Waals surface area contributed by atoms with Crippen LogP contribution in [0.2, 0.25) is 0 Å². The van der Waals surface area contributed by atoms with Gasteiger partial charge in [0.2, 0.25) is 5.91 Å². The van der Waals surface area contributed by atoms with Crippen molar-refractivity contribution in [2.24, 2.45) is 11.3 Å². The standard InChI is InChI=1S/C26H42N2O2/c1-26(2,3)25(29)27-22(18-20-10-6-5-7-11-20)19-28-16-14-21(15-17-28)23-12-8-9-13-24(23)30-4/h8-9,12-13,20-22H,5-7,10-11,14-19H2,1-4H3,(H,27,29)/t22-/m1/s1. The van der Waals surface area contributed by atoms with Crippen LogP contribution in [0.3, 0.4) is 0 Å². The average molecular weight is 415 g/mol. The smallest absolute Gasteiger partial charge is 0.225 e. The molecule has 0 radical (unpaired) electrons. The number of carbonyl (C=O) groups is 1. The van der Waals surface area contributed by atoms with Crippen LogP contribution < -0.4 is 10.1 Å². The number of carbonyl (C=O) groups excluding carboxylic acids is 1. The van der Waals surface area contributed by atoms with Gasteiger partial charge in [-0.3, -0.25) is 4.79 Å². The predicted molar refractivity (Wildman–Crippen MR) is 124 cm³/mol. The summed E-state index contributed by atoms with van der Waals surface area (Å²) in [6, 6.07) is 8.72. The summed E-state index contributed by atoms with van der Waals surface area (Å²) < 4.78 is 5.59. The monoisotopic (exact) mass is 414 g/mol. The van der Waals surface area contributed by atoms with Gasteiger partial charge < -0.3 is 15.0 Å². The number of piperidine rings is 1. The minimum absolute atomic E-state index is 0.187. The molecule has 1 amide bonds. The Balaban J connectivity index is 1.58. The van der Waals surface area contributed by atoms with Crippen molar-refractivity contribution in [3.05, 3.63) is 29.8 Å². The van der Waals surface area contributed by atoms with E-state index in [1.807, 2.05) is 26.8 Å². The summed E-state index contributed by atoms with van der Waals surface area (Å²) in [6.45, 7) is 9.21. The Morgan fingerprint density at radius 1 is 1.10 bits per heavy atom. The maximum atomic E-state index is 12.7. The Morgan fingerprint density at radius 3 is 2.40 bits per heavy atom. The number of hydrogen-bond acceptors (Lipinski definition) is 3. The van der Waals surface area contributed by atoms with Crippen LogP contribution in [0.15, 0.2) is 24.3 Å². The van der Waals surface area contributed by atoms with Gasteiger partial charge in [0.1, 0.15) is 5.75 Å². The number of para-hydroxylation sites is 1. The average Bonchev–Trinajstić information content (AvgIpc) is 2.74. The fourth-order valence-corrected chi connectivity index (χ4v) is 5.15. The van der Waals surface area contributed by atoms with E-state index in [-0.39, 0.29) is 17.4 Å². The van der Waals surface area contributed by atoms with Gasteiger partial charge in [-0.25, -0.2) is 0 Å². The molecule has 0 aromatic heterocycles. The molecule has 4 nitrogen and oxygen atoms in total. The summed E-state index contributed by atoms with van der Waals surface area (Å²) in [5.41, 5.74) is 1.02. The molecule has 1 aromatic rings. The topological polar surface area (TPSA) is 41.6 Å². The van der Waals surface area contributed by atoms with Gasteiger partial charge in [0.15, 0.2) is 0 Å². The van der Waals surface area contributed by atoms with E-state index in [9.17, 15) is 4.79 Å². The first-order valence-corrected chi connectivity index (χ1v) is 12.0. The molecule has 1 saturated carbocycles. The molecule has 0 spiro atoms. The molecule has 1 heterocycles. The highest BCUT2D eigenvalue weighted by Crippen LogP contribution is 2.34. The van der Waals surface area contributed by atoms with Crippen molar-refractivity contribution in [3.8, 4) is 5.75 Å². The molecule has 1 saturated heterocycles. The second-order valence-corrected chi connectivity index (χ2v) is 10.5. The van der Waals surface area contributed by atoms with Crippen LogP contribution in [0.1, 0.15) is 83.6 Å². The normalized spacial score (nSPS) is 20.7. The van der Waals surface area contributed by atoms with E-state index in [1.165, 1.54) is 37.7 Å². The Kier molecular flexibility index (Phi) is 8.21. The van der Waals surface area contributed by atoms with E-state index in [0.717, 1.165) is 50.6 Å². The second-order valence-electron chi connectivity index (χ2n) is 10.5. The minimum atomic E-state index is -0.332. The number of amides is 1. The Labute approximate surface area is 183 Å². The zero-order valence-corrected chi connectivity index (χ0v) is 19.6. The molecule has 1 N–H and O–H groups in total. The third-order valence-electron chi connectivity index (χ3n) is 7.00. The van der Waals surface area contributed by atoms with Crippen molar-refractivity contribution in [1.29, 1.82) is 0 Å². The van der Waals surface area contributed by atoms with E-state index in [4.69, 9.17) is 4.74 Å². The van der Waals surface area contributed by atoms with Crippen LogP contribution in [0.4, 0.5) is 0 Å². The molecule has 0 unspecified atom stereocenters. The van der Waals surface area contributed by atoms with Crippen LogP contribution in [0, 0.1) is 11.3 Å². The van der Waals surface area contributed by atoms with E-state index < -0.39 is 0 Å². The highest BCUT2D eigenvalue weighted by Gasteiger charge is 2.29. The third-order valence-corrected chi connectivity index (χ3v) is 7.00. The van der Waals surface area contributed by atoms with Gasteiger partial charge in [-0.15, -0.1) is 0 Å². The maximum Gasteiger partial charge on any atom is 0.225 e. The summed E-state index contributed by atoms with van der Waals surface area (Å²) in [5.74, 6) is 2.55. The zero-order valence-electron chi connectivity index (χ0n) is 19.6. The van der Waals surface area contributed by atoms with Gasteiger partial charge in [0.05, 0.1) is 7.11 Å². The van der Waals surface area contributed by atoms with Crippen LogP contribution in [0.25, 0.3) is 0 Å². The largest absolute Gasteiger partial charge is 0.496 e. The van der Waals surface area contributed by atoms with Gasteiger partial charge >= 0.3 is 0 Å². The van der Waals surface area contributed by atoms with Gasteiger partial charge in [-0.05, 0) is 55.8 Å². The number of likely N-dealkylation sites (tertiary alicyclic amines) is 1. The van der Waals surface area contributed by atoms with Gasteiger partial charge in [0, 0.05) is 18.0 Å². The second kappa shape index (κ2) is 10.7. The summed E-state index contributed by atoms with van der Waals surface area (Å²) >= 11 is 0. The first-order valence-electron chi connectivity index (χ1n) is 12.0. The number of methoxy groups -OCH3 is 1. The molecule has 168 valence electrons. The van der Waals surface area contributed by atoms with Crippen LogP contribution >= 0.6 is 0 Å². The summed E-state index contributed by atoms with van der Waals surface area (Å²) in [5, 5.41) is 3.41. The Hall–Kier alpha value is -1.55. The van der Waals surface area contributed by atoms with Crippen molar-refractivity contribution in [2.45, 2.75) is 84.1 Å². The minimum Gasteiger partial charge on any atom is -0.496 e. The molecule has 30 heavy (non-hydrogen) atoms. The number of nitrogens with zero attached hydrogens (tertiary/aromatic N) is 1. The predicted octanol–water partition coefficient (Wildman–Crippen LogP) is 5.38. The highest BCUT2D eigenvalue weighted by atomic mass is 16.5. The summed E-state index contributed by atoms with van der Waals surface area (Å²) in [7, 11) is 1.77. The van der Waals surface area contributed by atoms with E-state index in [0.29, 0.717) is 5.92 Å². The van der Waals surface area contributed by atoms with Gasteiger partial charge in [-0.1, -0.05) is 71.1 Å². The summed E-state index contributed by atoms with van der Waals surface area (Å²) in [4.78, 5) is 15.3. The lowest BCUT2D eigenvalue weighted by atomic mass is 9.84. The molecular weight excluding hydrogens is 372 g/mol. The van der Waals surface area contributed by atoms with E-state index in [2.05, 4.69) is 28.4 Å². The lowest BCUT2D eigenvalue weighted by molar-refractivity contribution is -0.129. The van der Waals surface area contributed by atoms with E-state index in [1.54, 1.807) is 7.11 Å². The van der Waals surface area contributed by atoms with Crippen molar-refractivity contribution in [1.82, 2.24) is 10.2 Å². The molecule has 2 aliphatic rings. The number of rotatable bonds is 7. The van der Waals surface area contributed by atoms with Crippen molar-refractivity contribution in [3.63, 3.8) is 0 Å². The quantitative estimate of drug-likeness (QED) is 0.652. The lowest BCUT2D eigenvalue weighted by Gasteiger charge is -2.37. The molecule has 1 aliphatic heterocycles. The van der Waals surface area contributed by atoms with Crippen LogP contribution in [0.5, 0.6) is 5.75 Å². The molecule has 2 fully saturated rings. The van der Waals surface area contributed by atoms with Crippen molar-refractivity contribution >= 4 is 5.91 Å². The van der Waals surface area contributed by atoms with Gasteiger partial charge in [0.25, 0.3) is 0 Å². The number of benzene rings is 1. The lowest BCUT2D eigenvalue weighted by Crippen LogP contribution is -2.49. The molecule has 1 aromatic carbocycles. The number of hydrogen-bond donors (Lipinski definition) is 1. The SMILES string of the molecule is COc1ccccc1C1CCN(C[C@@H](CC2CCCCC2)NC(=O)C(C)(C)C)CC1. The first-order chi connectivity index (χ1) is 14.4. The number of ether oxygens (including phenoxy) is 1. The highest BCUT2D eigenvalue weighted by molar-refractivity contribution is 5.81. The molecule has 3 rings (SSSR count). The molecule has 4 heteroatoms. The fraction of sp³-hybridized carbons (Fsp3) is 0.731. The van der Waals surface area contributed by atoms with Crippen molar-refractivity contribution < 1.29 is 9.53 Å². The Bertz CT molecular complexity index is 668. The molecule has 1 atom stereocenters. The third kappa shape index (κ3) is 6.47. The van der Waals surface area contributed by atoms with Crippen LogP contribution in [-0.2, 0) is 4.79 Å². The van der Waals surface area contributed by atoms with E-state index >= 15 is 0 Å². The molecular formula is C26H42N2O2. The molecule has 1 aliphatic carbocycles. The number of nitrogens with one attached hydrogen (secondary N) is 1. The van der Waals surface area contributed by atoms with Crippen LogP contribution in [-0.4, -0.2) is 43.6 Å². The maximum absolute atomic E-state index is 12.7. The van der Waals surface area contributed by atoms with Crippen molar-refractivity contribution in [2.75, 3.05) is 26.7 Å². The first kappa shape index (κ1) is 23.1. The van der Waals surface area contributed by atoms with Gasteiger partial charge in [-0.2, -0.15) is 0 Å². The molecule has 0 bridgehead atoms. The summed E-state index contributed by atoms with van der Waals surface area (Å²) in [6.07, 6.45) is 10.2.